The first kappa shape index (κ1) is 27.9. The highest BCUT2D eigenvalue weighted by molar-refractivity contribution is 6.74. The van der Waals surface area contributed by atoms with Gasteiger partial charge in [-0.2, -0.15) is 0 Å². The largest absolute Gasteiger partial charge is 0.458 e. The number of fused-ring (bicyclic) bond motifs is 7. The lowest BCUT2D eigenvalue weighted by atomic mass is 9.61. The zero-order chi connectivity index (χ0) is 30.5. The van der Waals surface area contributed by atoms with E-state index in [2.05, 4.69) is 33.9 Å². The SMILES string of the molecule is CC(C)(C)[Si](C)(C)O[C@]12C3=C(COC3=O)[C@](c3ccccc3)([C@@H]3C(=O)N(c4ccccc4)C(=O)[C@@H]31)[C@H]2c1ccc(F)cc1. The summed E-state index contributed by atoms with van der Waals surface area (Å²) in [6, 6.07) is 24.8. The number of esters is 1. The van der Waals surface area contributed by atoms with E-state index in [0.717, 1.165) is 5.56 Å². The summed E-state index contributed by atoms with van der Waals surface area (Å²) in [6.07, 6.45) is 0. The lowest BCUT2D eigenvalue weighted by molar-refractivity contribution is -0.139. The number of rotatable bonds is 5. The number of hydrogen-bond acceptors (Lipinski definition) is 5. The van der Waals surface area contributed by atoms with Gasteiger partial charge in [-0.3, -0.25) is 9.59 Å². The summed E-state index contributed by atoms with van der Waals surface area (Å²) < 4.78 is 27.6. The van der Waals surface area contributed by atoms with Crippen LogP contribution in [0.4, 0.5) is 10.1 Å². The molecule has 3 aromatic carbocycles. The predicted octanol–water partition coefficient (Wildman–Crippen LogP) is 6.29. The number of imide groups is 1. The fourth-order valence-corrected chi connectivity index (χ4v) is 9.52. The fourth-order valence-electron chi connectivity index (χ4n) is 8.03. The van der Waals surface area contributed by atoms with Crippen molar-refractivity contribution in [2.75, 3.05) is 11.5 Å². The van der Waals surface area contributed by atoms with Crippen LogP contribution in [0, 0.1) is 17.7 Å². The maximum Gasteiger partial charge on any atom is 0.337 e. The van der Waals surface area contributed by atoms with Crippen LogP contribution in [0.3, 0.4) is 0 Å². The van der Waals surface area contributed by atoms with Crippen molar-refractivity contribution < 1.29 is 27.9 Å². The van der Waals surface area contributed by atoms with Crippen LogP contribution in [0.5, 0.6) is 0 Å². The number of nitrogens with zero attached hydrogens (tertiary/aromatic N) is 1. The molecule has 3 aromatic rings. The Bertz CT molecular complexity index is 1700. The van der Waals surface area contributed by atoms with Gasteiger partial charge in [0.2, 0.25) is 11.8 Å². The van der Waals surface area contributed by atoms with Crippen molar-refractivity contribution in [2.24, 2.45) is 11.8 Å². The molecule has 2 fully saturated rings. The van der Waals surface area contributed by atoms with E-state index in [-0.39, 0.29) is 17.6 Å². The third-order valence-corrected chi connectivity index (χ3v) is 15.0. The van der Waals surface area contributed by atoms with E-state index in [1.54, 1.807) is 36.4 Å². The van der Waals surface area contributed by atoms with E-state index in [4.69, 9.17) is 9.16 Å². The Labute approximate surface area is 251 Å². The van der Waals surface area contributed by atoms with E-state index in [0.29, 0.717) is 22.4 Å². The molecule has 2 aliphatic heterocycles. The first-order valence-corrected chi connectivity index (χ1v) is 17.6. The van der Waals surface area contributed by atoms with Crippen LogP contribution in [0.2, 0.25) is 18.1 Å². The molecule has 5 atom stereocenters. The van der Waals surface area contributed by atoms with Crippen molar-refractivity contribution in [2.45, 2.75) is 55.8 Å². The van der Waals surface area contributed by atoms with Gasteiger partial charge >= 0.3 is 5.97 Å². The molecule has 0 radical (unpaired) electrons. The molecule has 4 aliphatic rings. The average Bonchev–Trinajstić information content (AvgIpc) is 3.64. The van der Waals surface area contributed by atoms with Gasteiger partial charge < -0.3 is 9.16 Å². The smallest absolute Gasteiger partial charge is 0.337 e. The molecular formula is C35H34FNO5Si. The predicted molar refractivity (Wildman–Crippen MR) is 162 cm³/mol. The average molecular weight is 596 g/mol. The summed E-state index contributed by atoms with van der Waals surface area (Å²) in [5, 5.41) is -0.292. The van der Waals surface area contributed by atoms with E-state index < -0.39 is 54.8 Å². The van der Waals surface area contributed by atoms with Crippen molar-refractivity contribution in [1.29, 1.82) is 0 Å². The number of cyclic esters (lactones) is 1. The topological polar surface area (TPSA) is 72.9 Å². The van der Waals surface area contributed by atoms with E-state index in [1.165, 1.54) is 17.0 Å². The zero-order valence-electron chi connectivity index (χ0n) is 24.9. The van der Waals surface area contributed by atoms with E-state index >= 15 is 0 Å². The molecule has 7 rings (SSSR count). The van der Waals surface area contributed by atoms with Gasteiger partial charge in [-0.15, -0.1) is 0 Å². The highest BCUT2D eigenvalue weighted by Crippen LogP contribution is 2.77. The Morgan fingerprint density at radius 1 is 0.860 bits per heavy atom. The van der Waals surface area contributed by atoms with Gasteiger partial charge in [-0.05, 0) is 59.1 Å². The van der Waals surface area contributed by atoms with E-state index in [9.17, 15) is 18.8 Å². The molecule has 8 heteroatoms. The Morgan fingerprint density at radius 2 is 1.44 bits per heavy atom. The summed E-state index contributed by atoms with van der Waals surface area (Å²) in [5.74, 6) is -4.14. The number of hydrogen-bond donors (Lipinski definition) is 0. The summed E-state index contributed by atoms with van der Waals surface area (Å²) in [4.78, 5) is 44.8. The number of para-hydroxylation sites is 1. The Kier molecular flexibility index (Phi) is 5.89. The monoisotopic (exact) mass is 595 g/mol. The minimum absolute atomic E-state index is 0.000600. The number of benzene rings is 3. The van der Waals surface area contributed by atoms with Crippen LogP contribution in [-0.2, 0) is 29.0 Å². The third-order valence-electron chi connectivity index (χ3n) is 10.6. The van der Waals surface area contributed by atoms with Crippen LogP contribution in [0.15, 0.2) is 96.1 Å². The van der Waals surface area contributed by atoms with Crippen molar-refractivity contribution >= 4 is 31.8 Å². The molecule has 1 saturated carbocycles. The van der Waals surface area contributed by atoms with Gasteiger partial charge in [0.05, 0.1) is 23.1 Å². The number of halogens is 1. The number of ether oxygens (including phenoxy) is 1. The molecule has 2 aliphatic carbocycles. The van der Waals surface area contributed by atoms with Crippen LogP contribution in [0.25, 0.3) is 0 Å². The molecule has 0 N–H and O–H groups in total. The number of carbonyl (C=O) groups excluding carboxylic acids is 3. The third kappa shape index (κ3) is 3.45. The van der Waals surface area contributed by atoms with Crippen molar-refractivity contribution in [3.63, 3.8) is 0 Å². The highest BCUT2D eigenvalue weighted by atomic mass is 28.4. The molecule has 1 saturated heterocycles. The second-order valence-corrected chi connectivity index (χ2v) is 18.3. The van der Waals surface area contributed by atoms with Crippen molar-refractivity contribution in [3.05, 3.63) is 113 Å². The van der Waals surface area contributed by atoms with Crippen LogP contribution >= 0.6 is 0 Å². The zero-order valence-corrected chi connectivity index (χ0v) is 25.9. The summed E-state index contributed by atoms with van der Waals surface area (Å²) in [6.45, 7) is 10.5. The lowest BCUT2D eigenvalue weighted by Gasteiger charge is -2.48. The van der Waals surface area contributed by atoms with Crippen molar-refractivity contribution in [1.82, 2.24) is 0 Å². The van der Waals surface area contributed by atoms with E-state index in [1.807, 2.05) is 36.4 Å². The molecule has 220 valence electrons. The Morgan fingerprint density at radius 3 is 2.05 bits per heavy atom. The minimum atomic E-state index is -2.76. The summed E-state index contributed by atoms with van der Waals surface area (Å²) >= 11 is 0. The molecule has 2 bridgehead atoms. The van der Waals surface area contributed by atoms with Gasteiger partial charge in [0.1, 0.15) is 18.0 Å². The molecule has 2 heterocycles. The minimum Gasteiger partial charge on any atom is -0.458 e. The number of anilines is 1. The molecule has 2 amide bonds. The Balaban J connectivity index is 1.60. The Hall–Kier alpha value is -3.88. The number of carbonyl (C=O) groups is 3. The lowest BCUT2D eigenvalue weighted by Crippen LogP contribution is -2.57. The van der Waals surface area contributed by atoms with Gasteiger partial charge in [0.25, 0.3) is 0 Å². The molecule has 0 spiro atoms. The quantitative estimate of drug-likeness (QED) is 0.197. The molecule has 0 aromatic heterocycles. The second kappa shape index (κ2) is 9.06. The molecule has 0 unspecified atom stereocenters. The number of amides is 2. The molecule has 43 heavy (non-hydrogen) atoms. The first-order chi connectivity index (χ1) is 20.4. The van der Waals surface area contributed by atoms with Gasteiger partial charge in [-0.1, -0.05) is 81.4 Å². The first-order valence-electron chi connectivity index (χ1n) is 14.7. The van der Waals surface area contributed by atoms with Crippen LogP contribution < -0.4 is 4.90 Å². The van der Waals surface area contributed by atoms with Crippen LogP contribution in [0.1, 0.15) is 37.8 Å². The summed E-state index contributed by atoms with van der Waals surface area (Å²) in [7, 11) is -2.76. The second-order valence-electron chi connectivity index (χ2n) is 13.6. The highest BCUT2D eigenvalue weighted by Gasteiger charge is 2.85. The van der Waals surface area contributed by atoms with Crippen LogP contribution in [-0.4, -0.2) is 38.3 Å². The maximum absolute atomic E-state index is 14.8. The molecular weight excluding hydrogens is 561 g/mol. The van der Waals surface area contributed by atoms with Gasteiger partial charge in [0.15, 0.2) is 8.32 Å². The normalized spacial score (nSPS) is 29.8. The fraction of sp³-hybridized carbons (Fsp3) is 0.343. The summed E-state index contributed by atoms with van der Waals surface area (Å²) in [5.41, 5.74) is 0.413. The maximum atomic E-state index is 14.8. The van der Waals surface area contributed by atoms with Crippen molar-refractivity contribution in [3.8, 4) is 0 Å². The van der Waals surface area contributed by atoms with Gasteiger partial charge in [-0.25, -0.2) is 14.1 Å². The molecule has 6 nitrogen and oxygen atoms in total. The van der Waals surface area contributed by atoms with Gasteiger partial charge in [0, 0.05) is 11.3 Å². The standard InChI is InChI=1S/C35H34FNO5Si/c1-33(2,3)43(4,5)42-35-26-25(20-41-32(26)40)34(22-12-8-6-9-13-22,29(35)21-16-18-23(36)19-17-21)27-28(35)31(39)37(30(27)38)24-14-10-7-11-15-24/h6-19,27-29H,20H2,1-5H3/t27-,28+,29+,34+,35+/m0/s1.